The normalized spacial score (nSPS) is 28.5. The lowest BCUT2D eigenvalue weighted by Gasteiger charge is -2.41. The van der Waals surface area contributed by atoms with Crippen LogP contribution in [0, 0.1) is 17.3 Å². The van der Waals surface area contributed by atoms with Gasteiger partial charge in [0.2, 0.25) is 0 Å². The van der Waals surface area contributed by atoms with Gasteiger partial charge in [0.25, 0.3) is 0 Å². The van der Waals surface area contributed by atoms with E-state index in [9.17, 15) is 16.8 Å². The van der Waals surface area contributed by atoms with Gasteiger partial charge in [0, 0.05) is 6.26 Å². The van der Waals surface area contributed by atoms with E-state index in [0.717, 1.165) is 19.1 Å². The van der Waals surface area contributed by atoms with E-state index in [0.29, 0.717) is 18.9 Å². The Balaban J connectivity index is 2.93. The fraction of sp³-hybridized carbons (Fsp3) is 1.00. The first kappa shape index (κ1) is 18.9. The van der Waals surface area contributed by atoms with Crippen LogP contribution in [0.3, 0.4) is 0 Å². The van der Waals surface area contributed by atoms with Crippen LogP contribution in [0.5, 0.6) is 0 Å². The van der Waals surface area contributed by atoms with Gasteiger partial charge in [-0.15, -0.1) is 0 Å². The van der Waals surface area contributed by atoms with Crippen molar-refractivity contribution in [1.29, 1.82) is 0 Å². The molecule has 0 radical (unpaired) electrons. The highest BCUT2D eigenvalue weighted by atomic mass is 32.2. The molecule has 0 aliphatic heterocycles. The Morgan fingerprint density at radius 3 is 2.05 bits per heavy atom. The molecule has 0 saturated heterocycles. The van der Waals surface area contributed by atoms with Crippen LogP contribution in [0.1, 0.15) is 40.0 Å². The average Bonchev–Trinajstić information content (AvgIpc) is 2.34. The molecular weight excluding hydrogens is 310 g/mol. The monoisotopic (exact) mass is 339 g/mol. The topological polar surface area (TPSA) is 94.3 Å². The number of hydrogen-bond acceptors (Lipinski definition) is 5. The van der Waals surface area contributed by atoms with Crippen LogP contribution in [-0.4, -0.2) is 46.4 Å². The number of hydrogen-bond donors (Lipinski definition) is 1. The highest BCUT2D eigenvalue weighted by Crippen LogP contribution is 2.42. The molecule has 0 heterocycles. The molecule has 1 saturated carbocycles. The average molecular weight is 340 g/mol. The zero-order valence-electron chi connectivity index (χ0n) is 13.5. The zero-order chi connectivity index (χ0) is 16.5. The quantitative estimate of drug-likeness (QED) is 0.813. The van der Waals surface area contributed by atoms with Crippen LogP contribution in [-0.2, 0) is 19.7 Å². The molecule has 1 fully saturated rings. The van der Waals surface area contributed by atoms with Crippen LogP contribution in [0.2, 0.25) is 0 Å². The van der Waals surface area contributed by atoms with Crippen molar-refractivity contribution in [2.45, 2.75) is 45.3 Å². The molecule has 0 aromatic carbocycles. The minimum absolute atomic E-state index is 0.0480. The van der Waals surface area contributed by atoms with Gasteiger partial charge in [0.05, 0.1) is 16.8 Å². The molecule has 5 nitrogen and oxygen atoms in total. The van der Waals surface area contributed by atoms with Gasteiger partial charge < -0.3 is 5.73 Å². The third-order valence-corrected chi connectivity index (χ3v) is 8.13. The summed E-state index contributed by atoms with van der Waals surface area (Å²) in [5.41, 5.74) is 5.80. The van der Waals surface area contributed by atoms with Crippen molar-refractivity contribution in [2.24, 2.45) is 23.0 Å². The van der Waals surface area contributed by atoms with E-state index in [1.165, 1.54) is 0 Å². The molecule has 1 aliphatic rings. The molecular formula is C14H29NO4S2. The summed E-state index contributed by atoms with van der Waals surface area (Å²) in [7, 11) is -6.70. The van der Waals surface area contributed by atoms with E-state index in [4.69, 9.17) is 5.73 Å². The first-order chi connectivity index (χ1) is 9.37. The van der Waals surface area contributed by atoms with Gasteiger partial charge in [-0.2, -0.15) is 0 Å². The summed E-state index contributed by atoms with van der Waals surface area (Å²) >= 11 is 0. The van der Waals surface area contributed by atoms with Crippen molar-refractivity contribution in [3.8, 4) is 0 Å². The van der Waals surface area contributed by atoms with E-state index in [-0.39, 0.29) is 22.8 Å². The van der Waals surface area contributed by atoms with Crippen molar-refractivity contribution in [3.63, 3.8) is 0 Å². The summed E-state index contributed by atoms with van der Waals surface area (Å²) in [6, 6.07) is 0. The summed E-state index contributed by atoms with van der Waals surface area (Å²) in [6.07, 6.45) is 3.46. The first-order valence-corrected chi connectivity index (χ1v) is 11.2. The molecule has 1 rings (SSSR count). The van der Waals surface area contributed by atoms with E-state index in [2.05, 4.69) is 20.8 Å². The van der Waals surface area contributed by atoms with Crippen LogP contribution in [0.4, 0.5) is 0 Å². The molecule has 126 valence electrons. The molecule has 0 amide bonds. The molecule has 1 aliphatic carbocycles. The minimum Gasteiger partial charge on any atom is -0.330 e. The number of rotatable bonds is 5. The first-order valence-electron chi connectivity index (χ1n) is 7.46. The van der Waals surface area contributed by atoms with Gasteiger partial charge >= 0.3 is 0 Å². The lowest BCUT2D eigenvalue weighted by atomic mass is 9.69. The Morgan fingerprint density at radius 2 is 1.62 bits per heavy atom. The van der Waals surface area contributed by atoms with Crippen molar-refractivity contribution >= 4 is 19.7 Å². The third kappa shape index (κ3) is 5.53. The number of nitrogens with two attached hydrogens (primary N) is 1. The minimum atomic E-state index is -3.43. The smallest absolute Gasteiger partial charge is 0.154 e. The van der Waals surface area contributed by atoms with E-state index in [1.54, 1.807) is 0 Å². The van der Waals surface area contributed by atoms with Crippen LogP contribution >= 0.6 is 0 Å². The SMILES string of the molecule is CC(C)(C)C1CCC(CN)C(S(=O)(=O)CCS(C)(=O)=O)C1. The van der Waals surface area contributed by atoms with E-state index < -0.39 is 24.9 Å². The zero-order valence-corrected chi connectivity index (χ0v) is 15.1. The van der Waals surface area contributed by atoms with Crippen molar-refractivity contribution in [2.75, 3.05) is 24.3 Å². The Kier molecular flexibility index (Phi) is 5.89. The summed E-state index contributed by atoms with van der Waals surface area (Å²) in [5.74, 6) is -0.306. The lowest BCUT2D eigenvalue weighted by molar-refractivity contribution is 0.154. The van der Waals surface area contributed by atoms with E-state index >= 15 is 0 Å². The summed E-state index contributed by atoms with van der Waals surface area (Å²) < 4.78 is 47.6. The molecule has 0 bridgehead atoms. The molecule has 21 heavy (non-hydrogen) atoms. The summed E-state index contributed by atoms with van der Waals surface area (Å²) in [5, 5.41) is -0.498. The van der Waals surface area contributed by atoms with E-state index in [1.807, 2.05) is 0 Å². The van der Waals surface area contributed by atoms with Gasteiger partial charge in [-0.05, 0) is 43.1 Å². The van der Waals surface area contributed by atoms with Crippen molar-refractivity contribution < 1.29 is 16.8 Å². The molecule has 3 atom stereocenters. The van der Waals surface area contributed by atoms with Gasteiger partial charge in [0.15, 0.2) is 9.84 Å². The fourth-order valence-corrected chi connectivity index (χ4v) is 6.91. The second-order valence-electron chi connectivity index (χ2n) is 7.41. The number of sulfone groups is 2. The Bertz CT molecular complexity index is 546. The van der Waals surface area contributed by atoms with Gasteiger partial charge in [-0.25, -0.2) is 16.8 Å². The van der Waals surface area contributed by atoms with Crippen molar-refractivity contribution in [3.05, 3.63) is 0 Å². The predicted octanol–water partition coefficient (Wildman–Crippen LogP) is 1.24. The molecule has 7 heteroatoms. The van der Waals surface area contributed by atoms with Crippen LogP contribution in [0.25, 0.3) is 0 Å². The fourth-order valence-electron chi connectivity index (χ4n) is 3.11. The van der Waals surface area contributed by atoms with Gasteiger partial charge in [-0.1, -0.05) is 20.8 Å². The Morgan fingerprint density at radius 1 is 1.05 bits per heavy atom. The highest BCUT2D eigenvalue weighted by Gasteiger charge is 2.41. The molecule has 0 aromatic rings. The third-order valence-electron chi connectivity index (χ3n) is 4.66. The van der Waals surface area contributed by atoms with Gasteiger partial charge in [-0.3, -0.25) is 0 Å². The van der Waals surface area contributed by atoms with Crippen molar-refractivity contribution in [1.82, 2.24) is 0 Å². The standard InChI is InChI=1S/C14H29NO4S2/c1-14(2,3)12-6-5-11(10-15)13(9-12)21(18,19)8-7-20(4,16)17/h11-13H,5-10,15H2,1-4H3. The Labute approximate surface area is 129 Å². The maximum Gasteiger partial charge on any atom is 0.154 e. The molecule has 3 unspecified atom stereocenters. The lowest BCUT2D eigenvalue weighted by Crippen LogP contribution is -2.44. The molecule has 0 aromatic heterocycles. The Hall–Kier alpha value is -0.140. The maximum absolute atomic E-state index is 12.6. The second kappa shape index (κ2) is 6.54. The molecule has 2 N–H and O–H groups in total. The molecule has 0 spiro atoms. The summed E-state index contributed by atoms with van der Waals surface area (Å²) in [6.45, 7) is 6.72. The predicted molar refractivity (Wildman–Crippen MR) is 86.6 cm³/mol. The largest absolute Gasteiger partial charge is 0.330 e. The maximum atomic E-state index is 12.6. The summed E-state index contributed by atoms with van der Waals surface area (Å²) in [4.78, 5) is 0. The van der Waals surface area contributed by atoms with Crippen LogP contribution < -0.4 is 5.73 Å². The second-order valence-corrected chi connectivity index (χ2v) is 12.0. The highest BCUT2D eigenvalue weighted by molar-refractivity contribution is 7.95. The van der Waals surface area contributed by atoms with Gasteiger partial charge in [0.1, 0.15) is 9.84 Å². The van der Waals surface area contributed by atoms with Crippen LogP contribution in [0.15, 0.2) is 0 Å².